The van der Waals surface area contributed by atoms with Crippen LogP contribution in [0.1, 0.15) is 0 Å². The Labute approximate surface area is 178 Å². The molecule has 0 spiro atoms. The fourth-order valence-electron chi connectivity index (χ4n) is 2.41. The van der Waals surface area contributed by atoms with Crippen LogP contribution in [0, 0.1) is 0 Å². The van der Waals surface area contributed by atoms with E-state index in [0.29, 0.717) is 16.2 Å². The number of benzene rings is 3. The summed E-state index contributed by atoms with van der Waals surface area (Å²) in [5.74, 6) is 0.263. The maximum atomic E-state index is 12.1. The van der Waals surface area contributed by atoms with Crippen LogP contribution >= 0.6 is 12.2 Å². The Balaban J connectivity index is 0.000000575. The van der Waals surface area contributed by atoms with Crippen LogP contribution < -0.4 is 15.4 Å². The second-order valence-electron chi connectivity index (χ2n) is 6.23. The van der Waals surface area contributed by atoms with Crippen molar-refractivity contribution in [3.63, 3.8) is 0 Å². The summed E-state index contributed by atoms with van der Waals surface area (Å²) in [5, 5.41) is 17.8. The molecule has 3 aromatic carbocycles. The van der Waals surface area contributed by atoms with Crippen molar-refractivity contribution in [2.24, 2.45) is 0 Å². The number of alkyl halides is 2. The number of carbonyl (C=O) groups excluding carboxylic acids is 1. The topological polar surface area (TPSA) is 73.8 Å². The summed E-state index contributed by atoms with van der Waals surface area (Å²) in [6.07, 6.45) is 0.750. The minimum atomic E-state index is -2.86. The van der Waals surface area contributed by atoms with Crippen LogP contribution in [-0.2, 0) is 4.79 Å². The van der Waals surface area contributed by atoms with Crippen LogP contribution in [0.4, 0.5) is 20.2 Å². The molecule has 3 rings (SSSR count). The summed E-state index contributed by atoms with van der Waals surface area (Å²) in [6, 6.07) is 16.7. The highest BCUT2D eigenvalue weighted by Gasteiger charge is 2.07. The summed E-state index contributed by atoms with van der Waals surface area (Å²) < 4.78 is 28.6. The zero-order valence-corrected chi connectivity index (χ0v) is 17.1. The van der Waals surface area contributed by atoms with Crippen LogP contribution in [0.25, 0.3) is 10.8 Å². The van der Waals surface area contributed by atoms with E-state index in [1.807, 2.05) is 24.3 Å². The van der Waals surface area contributed by atoms with Crippen molar-refractivity contribution in [2.45, 2.75) is 6.61 Å². The first-order valence-corrected chi connectivity index (χ1v) is 9.16. The predicted octanol–water partition coefficient (Wildman–Crippen LogP) is 4.66. The smallest absolute Gasteiger partial charge is 0.387 e. The van der Waals surface area contributed by atoms with Crippen LogP contribution in [0.3, 0.4) is 0 Å². The largest absolute Gasteiger partial charge is 0.507 e. The van der Waals surface area contributed by atoms with Gasteiger partial charge in [-0.25, -0.2) is 0 Å². The van der Waals surface area contributed by atoms with Gasteiger partial charge in [0.1, 0.15) is 11.5 Å². The quantitative estimate of drug-likeness (QED) is 0.402. The maximum Gasteiger partial charge on any atom is 0.387 e. The molecule has 158 valence electrons. The highest BCUT2D eigenvalue weighted by atomic mass is 32.1. The molecule has 0 saturated heterocycles. The summed E-state index contributed by atoms with van der Waals surface area (Å²) in [6.45, 7) is -2.86. The van der Waals surface area contributed by atoms with Crippen molar-refractivity contribution in [2.75, 3.05) is 24.7 Å². The first kappa shape index (κ1) is 22.8. The summed E-state index contributed by atoms with van der Waals surface area (Å²) >= 11 is 5.28. The van der Waals surface area contributed by atoms with Crippen molar-refractivity contribution in [1.82, 2.24) is 4.90 Å². The van der Waals surface area contributed by atoms with E-state index in [1.54, 1.807) is 38.4 Å². The third-order valence-electron chi connectivity index (χ3n) is 3.70. The van der Waals surface area contributed by atoms with E-state index in [0.717, 1.165) is 17.5 Å². The van der Waals surface area contributed by atoms with Gasteiger partial charge in [-0.05, 0) is 48.6 Å². The number of hydrogen-bond donors (Lipinski definition) is 3. The lowest BCUT2D eigenvalue weighted by Gasteiger charge is -2.13. The van der Waals surface area contributed by atoms with Gasteiger partial charge >= 0.3 is 6.61 Å². The monoisotopic (exact) mass is 433 g/mol. The third kappa shape index (κ3) is 6.85. The van der Waals surface area contributed by atoms with E-state index in [2.05, 4.69) is 15.4 Å². The minimum absolute atomic E-state index is 0.0731. The second-order valence-corrected chi connectivity index (χ2v) is 6.64. The summed E-state index contributed by atoms with van der Waals surface area (Å²) in [4.78, 5) is 10.9. The summed E-state index contributed by atoms with van der Waals surface area (Å²) in [5.41, 5.74) is 1.37. The van der Waals surface area contributed by atoms with Gasteiger partial charge in [-0.3, -0.25) is 4.79 Å². The van der Waals surface area contributed by atoms with Gasteiger partial charge in [-0.15, -0.1) is 0 Å². The number of rotatable bonds is 5. The molecule has 9 heteroatoms. The number of amides is 1. The Hall–Kier alpha value is -3.46. The molecule has 0 saturated carbocycles. The van der Waals surface area contributed by atoms with Gasteiger partial charge in [0.05, 0.1) is 0 Å². The number of fused-ring (bicyclic) bond motifs is 1. The van der Waals surface area contributed by atoms with E-state index in [-0.39, 0.29) is 11.5 Å². The molecule has 3 aromatic rings. The van der Waals surface area contributed by atoms with Crippen molar-refractivity contribution in [3.8, 4) is 11.5 Å². The number of nitrogens with one attached hydrogen (secondary N) is 2. The highest BCUT2D eigenvalue weighted by molar-refractivity contribution is 7.80. The number of phenols is 1. The Morgan fingerprint density at radius 2 is 1.63 bits per heavy atom. The molecular formula is C21H21F2N3O3S. The lowest BCUT2D eigenvalue weighted by molar-refractivity contribution is -0.115. The second kappa shape index (κ2) is 10.9. The number of nitrogens with zero attached hydrogens (tertiary/aromatic N) is 1. The SMILES string of the molecule is CN(C)C=O.Oc1cccc2c(NC(=S)Nc3ccc(OC(F)F)cc3)cccc12. The third-order valence-corrected chi connectivity index (χ3v) is 3.90. The van der Waals surface area contributed by atoms with Crippen molar-refractivity contribution < 1.29 is 23.4 Å². The van der Waals surface area contributed by atoms with Gasteiger partial charge in [0, 0.05) is 36.2 Å². The van der Waals surface area contributed by atoms with E-state index in [4.69, 9.17) is 12.2 Å². The van der Waals surface area contributed by atoms with Gasteiger partial charge in [-0.2, -0.15) is 8.78 Å². The fraction of sp³-hybridized carbons (Fsp3) is 0.143. The molecule has 0 radical (unpaired) electrons. The number of halogens is 2. The van der Waals surface area contributed by atoms with E-state index >= 15 is 0 Å². The molecule has 0 aliphatic carbocycles. The van der Waals surface area contributed by atoms with Crippen LogP contribution in [0.5, 0.6) is 11.5 Å². The first-order valence-electron chi connectivity index (χ1n) is 8.75. The van der Waals surface area contributed by atoms with Crippen molar-refractivity contribution in [3.05, 3.63) is 60.7 Å². The highest BCUT2D eigenvalue weighted by Crippen LogP contribution is 2.30. The number of hydrogen-bond acceptors (Lipinski definition) is 4. The standard InChI is InChI=1S/C18H14F2N2O2S.C3H7NO/c19-17(20)24-12-9-7-11(8-10-12)21-18(25)22-15-5-1-4-14-13(15)3-2-6-16(14)23;1-4(2)3-5/h1-10,17,23H,(H2,21,22,25);3H,1-2H3. The fourth-order valence-corrected chi connectivity index (χ4v) is 2.63. The lowest BCUT2D eigenvalue weighted by atomic mass is 10.1. The Bertz CT molecular complexity index is 998. The minimum Gasteiger partial charge on any atom is -0.507 e. The lowest BCUT2D eigenvalue weighted by Crippen LogP contribution is -2.19. The number of anilines is 2. The van der Waals surface area contributed by atoms with Gasteiger partial charge < -0.3 is 25.4 Å². The van der Waals surface area contributed by atoms with Gasteiger partial charge in [-0.1, -0.05) is 24.3 Å². The molecule has 0 fully saturated rings. The Morgan fingerprint density at radius 1 is 1.03 bits per heavy atom. The molecule has 0 aliphatic heterocycles. The molecule has 0 heterocycles. The van der Waals surface area contributed by atoms with Crippen molar-refractivity contribution >= 4 is 45.9 Å². The number of phenolic OH excluding ortho intramolecular Hbond substituents is 1. The number of carbonyl (C=O) groups is 1. The Morgan fingerprint density at radius 3 is 2.23 bits per heavy atom. The molecule has 0 aliphatic rings. The van der Waals surface area contributed by atoms with Gasteiger partial charge in [0.25, 0.3) is 0 Å². The maximum absolute atomic E-state index is 12.1. The molecule has 6 nitrogen and oxygen atoms in total. The van der Waals surface area contributed by atoms with Gasteiger partial charge in [0.2, 0.25) is 6.41 Å². The summed E-state index contributed by atoms with van der Waals surface area (Å²) in [7, 11) is 3.38. The average Bonchev–Trinajstić information content (AvgIpc) is 2.70. The van der Waals surface area contributed by atoms with E-state index < -0.39 is 6.61 Å². The molecule has 1 amide bonds. The number of ether oxygens (including phenoxy) is 1. The normalized spacial score (nSPS) is 10.0. The Kier molecular flexibility index (Phi) is 8.30. The zero-order chi connectivity index (χ0) is 22.1. The average molecular weight is 433 g/mol. The molecule has 0 unspecified atom stereocenters. The molecule has 0 atom stereocenters. The van der Waals surface area contributed by atoms with E-state index in [1.165, 1.54) is 17.0 Å². The molecule has 3 N–H and O–H groups in total. The number of thiocarbonyl (C=S) groups is 1. The van der Waals surface area contributed by atoms with Crippen LogP contribution in [0.15, 0.2) is 60.7 Å². The predicted molar refractivity (Wildman–Crippen MR) is 118 cm³/mol. The molecule has 0 bridgehead atoms. The molecule has 0 aromatic heterocycles. The van der Waals surface area contributed by atoms with Crippen LogP contribution in [0.2, 0.25) is 0 Å². The zero-order valence-electron chi connectivity index (χ0n) is 16.3. The van der Waals surface area contributed by atoms with Gasteiger partial charge in [0.15, 0.2) is 5.11 Å². The van der Waals surface area contributed by atoms with Crippen LogP contribution in [-0.4, -0.2) is 42.2 Å². The number of aromatic hydroxyl groups is 1. The molecular weight excluding hydrogens is 412 g/mol. The van der Waals surface area contributed by atoms with Crippen molar-refractivity contribution in [1.29, 1.82) is 0 Å². The first-order chi connectivity index (χ1) is 14.3. The molecule has 30 heavy (non-hydrogen) atoms. The van der Waals surface area contributed by atoms with E-state index in [9.17, 15) is 18.7 Å².